The molecule has 0 aliphatic rings. The highest BCUT2D eigenvalue weighted by Gasteiger charge is 2.17. The first-order chi connectivity index (χ1) is 13.8. The molecule has 3 amide bonds. The molecular weight excluding hydrogens is 408 g/mol. The van der Waals surface area contributed by atoms with Crippen molar-refractivity contribution in [2.45, 2.75) is 30.9 Å². The van der Waals surface area contributed by atoms with Gasteiger partial charge in [-0.05, 0) is 49.4 Å². The second-order valence-electron chi connectivity index (χ2n) is 6.34. The molecule has 0 fully saturated rings. The second-order valence-corrected chi connectivity index (χ2v) is 8.78. The monoisotopic (exact) mass is 428 g/mol. The Labute approximate surface area is 176 Å². The summed E-state index contributed by atoms with van der Waals surface area (Å²) in [5.41, 5.74) is 2.17. The predicted molar refractivity (Wildman–Crippen MR) is 119 cm³/mol. The Balaban J connectivity index is 1.63. The van der Waals surface area contributed by atoms with Gasteiger partial charge in [0.05, 0.1) is 15.5 Å². The SMILES string of the molecule is CC(=O)Nc1ccc(SC(C)C(=O)Nc2nc3ccc(NC(C)=O)cc3s2)cc1. The molecule has 3 rings (SSSR count). The van der Waals surface area contributed by atoms with Crippen LogP contribution in [0.25, 0.3) is 10.2 Å². The number of rotatable bonds is 6. The summed E-state index contributed by atoms with van der Waals surface area (Å²) < 4.78 is 0.875. The first-order valence-electron chi connectivity index (χ1n) is 8.83. The van der Waals surface area contributed by atoms with Crippen molar-refractivity contribution in [1.29, 1.82) is 0 Å². The van der Waals surface area contributed by atoms with E-state index in [0.717, 1.165) is 15.1 Å². The quantitative estimate of drug-likeness (QED) is 0.507. The minimum Gasteiger partial charge on any atom is -0.326 e. The van der Waals surface area contributed by atoms with Gasteiger partial charge in [-0.1, -0.05) is 11.3 Å². The fourth-order valence-electron chi connectivity index (χ4n) is 2.54. The molecule has 1 aromatic heterocycles. The number of thiazole rings is 1. The molecule has 7 nitrogen and oxygen atoms in total. The zero-order valence-corrected chi connectivity index (χ0v) is 17.7. The highest BCUT2D eigenvalue weighted by Crippen LogP contribution is 2.30. The zero-order chi connectivity index (χ0) is 21.0. The van der Waals surface area contributed by atoms with Crippen LogP contribution in [0.1, 0.15) is 20.8 Å². The lowest BCUT2D eigenvalue weighted by atomic mass is 10.3. The second kappa shape index (κ2) is 9.06. The van der Waals surface area contributed by atoms with Gasteiger partial charge < -0.3 is 16.0 Å². The van der Waals surface area contributed by atoms with Gasteiger partial charge in [0, 0.05) is 30.1 Å². The molecule has 0 saturated heterocycles. The number of hydrogen-bond donors (Lipinski definition) is 3. The van der Waals surface area contributed by atoms with E-state index in [1.165, 1.54) is 36.9 Å². The Kier molecular flexibility index (Phi) is 6.50. The van der Waals surface area contributed by atoms with Crippen molar-refractivity contribution < 1.29 is 14.4 Å². The number of nitrogens with one attached hydrogen (secondary N) is 3. The summed E-state index contributed by atoms with van der Waals surface area (Å²) in [6.07, 6.45) is 0. The Morgan fingerprint density at radius 3 is 2.21 bits per heavy atom. The minimum absolute atomic E-state index is 0.127. The Morgan fingerprint density at radius 1 is 0.931 bits per heavy atom. The summed E-state index contributed by atoms with van der Waals surface area (Å²) in [7, 11) is 0. The molecule has 150 valence electrons. The van der Waals surface area contributed by atoms with Crippen LogP contribution in [0.2, 0.25) is 0 Å². The number of amides is 3. The number of fused-ring (bicyclic) bond motifs is 1. The van der Waals surface area contributed by atoms with Crippen molar-refractivity contribution in [1.82, 2.24) is 4.98 Å². The van der Waals surface area contributed by atoms with E-state index in [4.69, 9.17) is 0 Å². The number of carbonyl (C=O) groups is 3. The summed E-state index contributed by atoms with van der Waals surface area (Å²) in [4.78, 5) is 40.2. The summed E-state index contributed by atoms with van der Waals surface area (Å²) in [5.74, 6) is -0.418. The van der Waals surface area contributed by atoms with Gasteiger partial charge in [-0.2, -0.15) is 0 Å². The highest BCUT2D eigenvalue weighted by molar-refractivity contribution is 8.00. The summed E-state index contributed by atoms with van der Waals surface area (Å²) in [6, 6.07) is 12.7. The number of aromatic nitrogens is 1. The lowest BCUT2D eigenvalue weighted by molar-refractivity contribution is -0.116. The molecule has 2 aromatic carbocycles. The van der Waals surface area contributed by atoms with Gasteiger partial charge in [0.1, 0.15) is 0 Å². The van der Waals surface area contributed by atoms with Crippen molar-refractivity contribution in [2.24, 2.45) is 0 Å². The molecule has 29 heavy (non-hydrogen) atoms. The number of carbonyl (C=O) groups excluding carboxylic acids is 3. The fourth-order valence-corrected chi connectivity index (χ4v) is 4.32. The minimum atomic E-state index is -0.330. The summed E-state index contributed by atoms with van der Waals surface area (Å²) in [5, 5.41) is 8.48. The molecule has 0 saturated carbocycles. The Bertz CT molecular complexity index is 1060. The molecule has 3 aromatic rings. The van der Waals surface area contributed by atoms with E-state index in [0.29, 0.717) is 16.5 Å². The van der Waals surface area contributed by atoms with Gasteiger partial charge in [0.2, 0.25) is 17.7 Å². The van der Waals surface area contributed by atoms with Crippen LogP contribution < -0.4 is 16.0 Å². The molecule has 1 atom stereocenters. The van der Waals surface area contributed by atoms with Crippen molar-refractivity contribution >= 4 is 67.5 Å². The van der Waals surface area contributed by atoms with Gasteiger partial charge in [-0.15, -0.1) is 11.8 Å². The first kappa shape index (κ1) is 20.8. The van der Waals surface area contributed by atoms with Crippen LogP contribution in [0.4, 0.5) is 16.5 Å². The van der Waals surface area contributed by atoms with Crippen molar-refractivity contribution in [3.05, 3.63) is 42.5 Å². The molecule has 1 unspecified atom stereocenters. The molecule has 0 spiro atoms. The largest absolute Gasteiger partial charge is 0.326 e. The van der Waals surface area contributed by atoms with Crippen LogP contribution >= 0.6 is 23.1 Å². The summed E-state index contributed by atoms with van der Waals surface area (Å²) >= 11 is 2.77. The Hall–Kier alpha value is -2.91. The van der Waals surface area contributed by atoms with Crippen LogP contribution in [0.3, 0.4) is 0 Å². The lowest BCUT2D eigenvalue weighted by Gasteiger charge is -2.11. The number of hydrogen-bond acceptors (Lipinski definition) is 6. The van der Waals surface area contributed by atoms with E-state index >= 15 is 0 Å². The van der Waals surface area contributed by atoms with Crippen molar-refractivity contribution in [2.75, 3.05) is 16.0 Å². The van der Waals surface area contributed by atoms with E-state index < -0.39 is 0 Å². The number of thioether (sulfide) groups is 1. The lowest BCUT2D eigenvalue weighted by Crippen LogP contribution is -2.22. The average molecular weight is 429 g/mol. The van der Waals surface area contributed by atoms with E-state index in [9.17, 15) is 14.4 Å². The fraction of sp³-hybridized carbons (Fsp3) is 0.200. The molecule has 1 heterocycles. The topological polar surface area (TPSA) is 100 Å². The molecular formula is C20H20N4O3S2. The molecule has 9 heteroatoms. The summed E-state index contributed by atoms with van der Waals surface area (Å²) in [6.45, 7) is 4.73. The maximum atomic E-state index is 12.5. The predicted octanol–water partition coefficient (Wildman–Crippen LogP) is 4.33. The van der Waals surface area contributed by atoms with Gasteiger partial charge in [0.25, 0.3) is 0 Å². The Morgan fingerprint density at radius 2 is 1.55 bits per heavy atom. The molecule has 0 radical (unpaired) electrons. The van der Waals surface area contributed by atoms with E-state index in [1.807, 2.05) is 31.2 Å². The van der Waals surface area contributed by atoms with Crippen LogP contribution in [0, 0.1) is 0 Å². The number of anilines is 3. The van der Waals surface area contributed by atoms with Crippen molar-refractivity contribution in [3.8, 4) is 0 Å². The first-order valence-corrected chi connectivity index (χ1v) is 10.5. The van der Waals surface area contributed by atoms with Crippen LogP contribution in [0.5, 0.6) is 0 Å². The third-order valence-electron chi connectivity index (χ3n) is 3.80. The smallest absolute Gasteiger partial charge is 0.239 e. The molecule has 0 aliphatic carbocycles. The maximum Gasteiger partial charge on any atom is 0.239 e. The van der Waals surface area contributed by atoms with Crippen LogP contribution in [-0.4, -0.2) is 28.0 Å². The van der Waals surface area contributed by atoms with Crippen LogP contribution in [-0.2, 0) is 14.4 Å². The molecule has 0 aliphatic heterocycles. The standard InChI is InChI=1S/C20H20N4O3S2/c1-11(28-16-7-4-14(5-8-16)21-12(2)25)19(27)24-20-23-17-9-6-15(22-13(3)26)10-18(17)29-20/h4-11H,1-3H3,(H,21,25)(H,22,26)(H,23,24,27). The van der Waals surface area contributed by atoms with Crippen molar-refractivity contribution in [3.63, 3.8) is 0 Å². The van der Waals surface area contributed by atoms with E-state index in [2.05, 4.69) is 20.9 Å². The van der Waals surface area contributed by atoms with E-state index in [-0.39, 0.29) is 23.0 Å². The highest BCUT2D eigenvalue weighted by atomic mass is 32.2. The van der Waals surface area contributed by atoms with Gasteiger partial charge in [0.15, 0.2) is 5.13 Å². The van der Waals surface area contributed by atoms with Gasteiger partial charge >= 0.3 is 0 Å². The third-order valence-corrected chi connectivity index (χ3v) is 5.84. The molecule has 3 N–H and O–H groups in total. The number of nitrogens with zero attached hydrogens (tertiary/aromatic N) is 1. The third kappa shape index (κ3) is 5.78. The number of benzene rings is 2. The maximum absolute atomic E-state index is 12.5. The zero-order valence-electron chi connectivity index (χ0n) is 16.1. The van der Waals surface area contributed by atoms with Gasteiger partial charge in [-0.3, -0.25) is 14.4 Å². The normalized spacial score (nSPS) is 11.7. The van der Waals surface area contributed by atoms with E-state index in [1.54, 1.807) is 18.2 Å². The van der Waals surface area contributed by atoms with Gasteiger partial charge in [-0.25, -0.2) is 4.98 Å². The van der Waals surface area contributed by atoms with Crippen LogP contribution in [0.15, 0.2) is 47.4 Å². The molecule has 0 bridgehead atoms. The average Bonchev–Trinajstić information content (AvgIpc) is 3.03.